The summed E-state index contributed by atoms with van der Waals surface area (Å²) in [5.74, 6) is -0.788. The third kappa shape index (κ3) is 3.68. The smallest absolute Gasteiger partial charge is 0.228 e. The molecule has 0 bridgehead atoms. The molecule has 5 nitrogen and oxygen atoms in total. The molecule has 1 aliphatic rings. The summed E-state index contributed by atoms with van der Waals surface area (Å²) in [6.07, 6.45) is 4.90. The van der Waals surface area contributed by atoms with Crippen molar-refractivity contribution in [2.24, 2.45) is 0 Å². The van der Waals surface area contributed by atoms with E-state index in [0.717, 1.165) is 5.57 Å². The van der Waals surface area contributed by atoms with E-state index in [2.05, 4.69) is 0 Å². The molecule has 0 aromatic carbocycles. The number of carbonyl (C=O) groups excluding carboxylic acids is 3. The normalized spacial score (nSPS) is 16.5. The summed E-state index contributed by atoms with van der Waals surface area (Å²) in [5, 5.41) is 0. The number of rotatable bonds is 7. The van der Waals surface area contributed by atoms with Gasteiger partial charge >= 0.3 is 0 Å². The Morgan fingerprint density at radius 3 is 2.24 bits per heavy atom. The van der Waals surface area contributed by atoms with E-state index >= 15 is 0 Å². The molecule has 1 radical (unpaired) electrons. The number of hydrogen-bond donors (Lipinski definition) is 0. The van der Waals surface area contributed by atoms with Gasteiger partial charge in [0.15, 0.2) is 6.29 Å². The van der Waals surface area contributed by atoms with Gasteiger partial charge < -0.3 is 9.47 Å². The molecule has 1 rings (SSSR count). The van der Waals surface area contributed by atoms with Crippen molar-refractivity contribution in [3.63, 3.8) is 0 Å². The Bertz CT molecular complexity index is 549. The summed E-state index contributed by atoms with van der Waals surface area (Å²) in [6, 6.07) is 0. The lowest BCUT2D eigenvalue weighted by molar-refractivity contribution is -0.121. The first kappa shape index (κ1) is 16.9. The summed E-state index contributed by atoms with van der Waals surface area (Å²) in [7, 11) is 2.66. The third-order valence-electron chi connectivity index (χ3n) is 3.37. The number of hydrogen-bond acceptors (Lipinski definition) is 5. The topological polar surface area (TPSA) is 69.7 Å². The van der Waals surface area contributed by atoms with Gasteiger partial charge in [-0.05, 0) is 26.7 Å². The molecule has 0 saturated heterocycles. The summed E-state index contributed by atoms with van der Waals surface area (Å²) in [4.78, 5) is 34.7. The molecule has 0 aromatic heterocycles. The van der Waals surface area contributed by atoms with Gasteiger partial charge in [0, 0.05) is 17.6 Å². The number of ether oxygens (including phenoxy) is 2. The van der Waals surface area contributed by atoms with Crippen LogP contribution in [0.3, 0.4) is 0 Å². The van der Waals surface area contributed by atoms with Crippen LogP contribution >= 0.6 is 0 Å². The predicted octanol–water partition coefficient (Wildman–Crippen LogP) is 2.19. The van der Waals surface area contributed by atoms with Gasteiger partial charge in [0.1, 0.15) is 0 Å². The fraction of sp³-hybridized carbons (Fsp3) is 0.438. The molecule has 1 aliphatic carbocycles. The highest BCUT2D eigenvalue weighted by Crippen LogP contribution is 2.28. The van der Waals surface area contributed by atoms with E-state index < -0.39 is 0 Å². The Morgan fingerprint density at radius 1 is 1.14 bits per heavy atom. The summed E-state index contributed by atoms with van der Waals surface area (Å²) in [6.45, 7) is 3.47. The second kappa shape index (κ2) is 7.57. The van der Waals surface area contributed by atoms with Crippen LogP contribution in [0.5, 0.6) is 0 Å². The van der Waals surface area contributed by atoms with Crippen molar-refractivity contribution in [3.05, 3.63) is 34.3 Å². The molecule has 5 heteroatoms. The first-order valence-electron chi connectivity index (χ1n) is 6.59. The summed E-state index contributed by atoms with van der Waals surface area (Å²) >= 11 is 0. The Hall–Kier alpha value is -2.17. The minimum Gasteiger partial charge on any atom is -0.489 e. The molecule has 0 amide bonds. The zero-order valence-corrected chi connectivity index (χ0v) is 12.7. The lowest BCUT2D eigenvalue weighted by Gasteiger charge is -2.19. The highest BCUT2D eigenvalue weighted by molar-refractivity contribution is 6.23. The van der Waals surface area contributed by atoms with E-state index in [4.69, 9.17) is 9.47 Å². The number of carbonyl (C=O) groups is 2. The van der Waals surface area contributed by atoms with E-state index in [1.54, 1.807) is 6.92 Å². The van der Waals surface area contributed by atoms with Crippen LogP contribution in [0.2, 0.25) is 0 Å². The van der Waals surface area contributed by atoms with Crippen LogP contribution in [-0.2, 0) is 23.9 Å². The molecule has 0 N–H and O–H groups in total. The quantitative estimate of drug-likeness (QED) is 0.531. The molecule has 113 valence electrons. The molecular formula is C16H19O5. The van der Waals surface area contributed by atoms with Crippen LogP contribution in [0.1, 0.15) is 33.1 Å². The van der Waals surface area contributed by atoms with Crippen LogP contribution in [0.25, 0.3) is 0 Å². The van der Waals surface area contributed by atoms with Crippen molar-refractivity contribution >= 4 is 17.9 Å². The first-order valence-corrected chi connectivity index (χ1v) is 6.59. The highest BCUT2D eigenvalue weighted by atomic mass is 16.5. The van der Waals surface area contributed by atoms with Gasteiger partial charge in [0.25, 0.3) is 0 Å². The van der Waals surface area contributed by atoms with Gasteiger partial charge in [-0.3, -0.25) is 14.4 Å². The Labute approximate surface area is 124 Å². The lowest BCUT2D eigenvalue weighted by atomic mass is 9.90. The number of methoxy groups -OCH3 is 2. The molecular weight excluding hydrogens is 272 g/mol. The fourth-order valence-electron chi connectivity index (χ4n) is 2.06. The van der Waals surface area contributed by atoms with E-state index in [-0.39, 0.29) is 23.1 Å². The molecule has 0 spiro atoms. The van der Waals surface area contributed by atoms with E-state index in [9.17, 15) is 14.4 Å². The second-order valence-electron chi connectivity index (χ2n) is 4.73. The molecule has 0 unspecified atom stereocenters. The van der Waals surface area contributed by atoms with Crippen molar-refractivity contribution < 1.29 is 23.9 Å². The zero-order valence-electron chi connectivity index (χ0n) is 12.7. The maximum absolute atomic E-state index is 12.3. The highest BCUT2D eigenvalue weighted by Gasteiger charge is 2.33. The van der Waals surface area contributed by atoms with E-state index in [1.807, 2.05) is 19.3 Å². The van der Waals surface area contributed by atoms with Crippen LogP contribution in [0.4, 0.5) is 0 Å². The lowest BCUT2D eigenvalue weighted by Crippen LogP contribution is -2.24. The third-order valence-corrected chi connectivity index (χ3v) is 3.37. The summed E-state index contributed by atoms with van der Waals surface area (Å²) in [5.41, 5.74) is 1.73. The van der Waals surface area contributed by atoms with E-state index in [1.165, 1.54) is 14.2 Å². The average molecular weight is 291 g/mol. The van der Waals surface area contributed by atoms with Gasteiger partial charge in [-0.2, -0.15) is 0 Å². The van der Waals surface area contributed by atoms with Gasteiger partial charge in [-0.1, -0.05) is 11.6 Å². The minimum atomic E-state index is -0.337. The van der Waals surface area contributed by atoms with Crippen molar-refractivity contribution in [3.8, 4) is 0 Å². The molecule has 0 saturated carbocycles. The Balaban J connectivity index is 3.03. The van der Waals surface area contributed by atoms with Gasteiger partial charge in [-0.15, -0.1) is 0 Å². The molecule has 0 heterocycles. The van der Waals surface area contributed by atoms with Crippen molar-refractivity contribution in [1.29, 1.82) is 0 Å². The largest absolute Gasteiger partial charge is 0.489 e. The van der Waals surface area contributed by atoms with Crippen molar-refractivity contribution in [2.75, 3.05) is 14.2 Å². The first-order chi connectivity index (χ1) is 9.97. The Kier molecular flexibility index (Phi) is 6.09. The Morgan fingerprint density at radius 2 is 1.71 bits per heavy atom. The maximum atomic E-state index is 12.3. The van der Waals surface area contributed by atoms with Crippen molar-refractivity contribution in [1.82, 2.24) is 0 Å². The standard InChI is InChI=1S/C16H19O5/c1-10(6-5-9-17)7-8-12-11(2)13(18)15(20-3)16(21-4)14(12)19/h7H,5-6,8H2,1-4H3. The van der Waals surface area contributed by atoms with Gasteiger partial charge in [-0.25, -0.2) is 0 Å². The maximum Gasteiger partial charge on any atom is 0.228 e. The minimum absolute atomic E-state index is 0.0555. The molecule has 0 fully saturated rings. The average Bonchev–Trinajstić information content (AvgIpc) is 2.48. The van der Waals surface area contributed by atoms with Crippen LogP contribution in [0, 0.1) is 0 Å². The van der Waals surface area contributed by atoms with Crippen molar-refractivity contribution in [2.45, 2.75) is 33.1 Å². The molecule has 0 aliphatic heterocycles. The SMILES string of the molecule is COC1=C(OC)C(=O)C(CC=C(C)CC[C]=O)=C(C)C1=O. The van der Waals surface area contributed by atoms with Crippen LogP contribution < -0.4 is 0 Å². The van der Waals surface area contributed by atoms with Crippen LogP contribution in [0.15, 0.2) is 34.3 Å². The molecule has 21 heavy (non-hydrogen) atoms. The number of ketones is 2. The number of Topliss-reactive ketones (excluding diaryl/α,β-unsaturated/α-hetero) is 2. The zero-order chi connectivity index (χ0) is 16.0. The molecule has 0 aromatic rings. The second-order valence-corrected chi connectivity index (χ2v) is 4.73. The number of allylic oxidation sites excluding steroid dienone is 4. The van der Waals surface area contributed by atoms with Gasteiger partial charge in [0.2, 0.25) is 23.1 Å². The molecule has 0 atom stereocenters. The summed E-state index contributed by atoms with van der Waals surface area (Å²) < 4.78 is 9.97. The monoisotopic (exact) mass is 291 g/mol. The fourth-order valence-corrected chi connectivity index (χ4v) is 2.06. The predicted molar refractivity (Wildman–Crippen MR) is 77.1 cm³/mol. The van der Waals surface area contributed by atoms with E-state index in [0.29, 0.717) is 30.4 Å². The van der Waals surface area contributed by atoms with Crippen LogP contribution in [-0.4, -0.2) is 32.1 Å². The van der Waals surface area contributed by atoms with Gasteiger partial charge in [0.05, 0.1) is 14.2 Å².